The summed E-state index contributed by atoms with van der Waals surface area (Å²) in [5.74, 6) is -1.06. The van der Waals surface area contributed by atoms with E-state index in [0.29, 0.717) is 11.4 Å². The Labute approximate surface area is 122 Å². The van der Waals surface area contributed by atoms with Crippen LogP contribution in [-0.4, -0.2) is 39.7 Å². The Morgan fingerprint density at radius 2 is 2.10 bits per heavy atom. The first-order valence-electron chi connectivity index (χ1n) is 6.40. The lowest BCUT2D eigenvalue weighted by molar-refractivity contribution is -0.140. The smallest absolute Gasteiger partial charge is 0.305 e. The van der Waals surface area contributed by atoms with Gasteiger partial charge in [-0.2, -0.15) is 0 Å². The zero-order valence-electron chi connectivity index (χ0n) is 11.5. The van der Waals surface area contributed by atoms with Crippen molar-refractivity contribution in [1.29, 1.82) is 0 Å². The molecule has 0 saturated carbocycles. The van der Waals surface area contributed by atoms with E-state index < -0.39 is 16.0 Å². The largest absolute Gasteiger partial charge is 0.469 e. The van der Waals surface area contributed by atoms with Crippen LogP contribution in [0.3, 0.4) is 0 Å². The fraction of sp³-hybridized carbons (Fsp3) is 0.385. The van der Waals surface area contributed by atoms with Gasteiger partial charge in [0, 0.05) is 6.42 Å². The fourth-order valence-electron chi connectivity index (χ4n) is 2.06. The third kappa shape index (κ3) is 3.52. The molecule has 0 aliphatic carbocycles. The van der Waals surface area contributed by atoms with Gasteiger partial charge >= 0.3 is 5.97 Å². The first-order valence-corrected chi connectivity index (χ1v) is 8.01. The number of hydrogen-bond donors (Lipinski definition) is 1. The zero-order chi connectivity index (χ0) is 15.5. The predicted octanol–water partition coefficient (Wildman–Crippen LogP) is 0.728. The number of nitrogens with zero attached hydrogens (tertiary/aromatic N) is 1. The standard InChI is InChI=1S/C13H16N2O5S/c1-20-13(17)7-4-8-21(18,19)15-9-12(16)14-10-5-2-3-6-11(10)15/h2-3,5-6H,4,7-9H2,1H3,(H,14,16). The highest BCUT2D eigenvalue weighted by molar-refractivity contribution is 7.92. The molecule has 0 spiro atoms. The molecule has 0 bridgehead atoms. The van der Waals surface area contributed by atoms with Crippen LogP contribution in [0.2, 0.25) is 0 Å². The molecular formula is C13H16N2O5S. The molecule has 7 nitrogen and oxygen atoms in total. The van der Waals surface area contributed by atoms with E-state index in [9.17, 15) is 18.0 Å². The van der Waals surface area contributed by atoms with E-state index in [4.69, 9.17) is 0 Å². The number of para-hydroxylation sites is 2. The third-order valence-corrected chi connectivity index (χ3v) is 4.88. The maximum atomic E-state index is 12.4. The number of rotatable bonds is 5. The second-order valence-electron chi connectivity index (χ2n) is 4.57. The van der Waals surface area contributed by atoms with Gasteiger partial charge < -0.3 is 10.1 Å². The minimum absolute atomic E-state index is 0.0252. The number of amides is 1. The molecule has 1 N–H and O–H groups in total. The summed E-state index contributed by atoms with van der Waals surface area (Å²) in [4.78, 5) is 22.6. The van der Waals surface area contributed by atoms with E-state index in [1.807, 2.05) is 0 Å². The SMILES string of the molecule is COC(=O)CCCS(=O)(=O)N1CC(=O)Nc2ccccc21. The van der Waals surface area contributed by atoms with Crippen molar-refractivity contribution in [2.24, 2.45) is 0 Å². The molecule has 0 atom stereocenters. The molecule has 0 aromatic heterocycles. The minimum atomic E-state index is -3.67. The van der Waals surface area contributed by atoms with Crippen molar-refractivity contribution in [3.8, 4) is 0 Å². The minimum Gasteiger partial charge on any atom is -0.469 e. The van der Waals surface area contributed by atoms with Crippen molar-refractivity contribution in [2.75, 3.05) is 29.0 Å². The highest BCUT2D eigenvalue weighted by atomic mass is 32.2. The number of esters is 1. The van der Waals surface area contributed by atoms with Gasteiger partial charge in [0.1, 0.15) is 6.54 Å². The number of ether oxygens (including phenoxy) is 1. The Kier molecular flexibility index (Phi) is 4.46. The zero-order valence-corrected chi connectivity index (χ0v) is 12.4. The van der Waals surface area contributed by atoms with Crippen molar-refractivity contribution in [2.45, 2.75) is 12.8 Å². The Morgan fingerprint density at radius 1 is 1.38 bits per heavy atom. The van der Waals surface area contributed by atoms with E-state index >= 15 is 0 Å². The van der Waals surface area contributed by atoms with Crippen LogP contribution in [-0.2, 0) is 24.3 Å². The van der Waals surface area contributed by atoms with E-state index in [-0.39, 0.29) is 31.0 Å². The first-order chi connectivity index (χ1) is 9.94. The van der Waals surface area contributed by atoms with Crippen LogP contribution in [0.5, 0.6) is 0 Å². The molecule has 1 aliphatic heterocycles. The number of anilines is 2. The number of methoxy groups -OCH3 is 1. The maximum Gasteiger partial charge on any atom is 0.305 e. The molecule has 114 valence electrons. The van der Waals surface area contributed by atoms with Crippen LogP contribution in [0.1, 0.15) is 12.8 Å². The van der Waals surface area contributed by atoms with Gasteiger partial charge in [-0.05, 0) is 18.6 Å². The summed E-state index contributed by atoms with van der Waals surface area (Å²) in [6.07, 6.45) is 0.173. The average Bonchev–Trinajstić information content (AvgIpc) is 2.45. The topological polar surface area (TPSA) is 92.8 Å². The summed E-state index contributed by atoms with van der Waals surface area (Å²) >= 11 is 0. The van der Waals surface area contributed by atoms with E-state index in [0.717, 1.165) is 4.31 Å². The number of nitrogens with one attached hydrogen (secondary N) is 1. The summed E-state index contributed by atoms with van der Waals surface area (Å²) in [5.41, 5.74) is 0.903. The second kappa shape index (κ2) is 6.13. The Balaban J connectivity index is 2.16. The number of carbonyl (C=O) groups is 2. The lowest BCUT2D eigenvalue weighted by atomic mass is 10.2. The highest BCUT2D eigenvalue weighted by Gasteiger charge is 2.30. The van der Waals surface area contributed by atoms with Crippen LogP contribution in [0.25, 0.3) is 0 Å². The number of sulfonamides is 1. The number of hydrogen-bond acceptors (Lipinski definition) is 5. The number of benzene rings is 1. The Bertz CT molecular complexity index is 656. The van der Waals surface area contributed by atoms with Gasteiger partial charge in [0.2, 0.25) is 15.9 Å². The molecule has 1 amide bonds. The van der Waals surface area contributed by atoms with E-state index in [1.165, 1.54) is 7.11 Å². The summed E-state index contributed by atoms with van der Waals surface area (Å²) < 4.78 is 30.3. The molecule has 1 aromatic carbocycles. The van der Waals surface area contributed by atoms with Gasteiger partial charge in [0.05, 0.1) is 24.2 Å². The van der Waals surface area contributed by atoms with Crippen molar-refractivity contribution in [3.05, 3.63) is 24.3 Å². The van der Waals surface area contributed by atoms with Gasteiger partial charge in [-0.15, -0.1) is 0 Å². The van der Waals surface area contributed by atoms with Crippen molar-refractivity contribution in [3.63, 3.8) is 0 Å². The second-order valence-corrected chi connectivity index (χ2v) is 6.58. The molecule has 1 aromatic rings. The molecule has 1 heterocycles. The van der Waals surface area contributed by atoms with Gasteiger partial charge in [-0.3, -0.25) is 13.9 Å². The summed E-state index contributed by atoms with van der Waals surface area (Å²) in [5, 5.41) is 2.63. The maximum absolute atomic E-state index is 12.4. The summed E-state index contributed by atoms with van der Waals surface area (Å²) in [6.45, 7) is -0.252. The third-order valence-electron chi connectivity index (χ3n) is 3.08. The molecule has 8 heteroatoms. The molecule has 0 unspecified atom stereocenters. The number of fused-ring (bicyclic) bond motifs is 1. The van der Waals surface area contributed by atoms with Crippen LogP contribution in [0.4, 0.5) is 11.4 Å². The average molecular weight is 312 g/mol. The van der Waals surface area contributed by atoms with Gasteiger partial charge in [0.15, 0.2) is 0 Å². The molecule has 2 rings (SSSR count). The van der Waals surface area contributed by atoms with Crippen LogP contribution < -0.4 is 9.62 Å². The van der Waals surface area contributed by atoms with Crippen molar-refractivity contribution < 1.29 is 22.7 Å². The van der Waals surface area contributed by atoms with Crippen LogP contribution >= 0.6 is 0 Å². The lowest BCUT2D eigenvalue weighted by Crippen LogP contribution is -2.43. The fourth-order valence-corrected chi connectivity index (χ4v) is 3.56. The van der Waals surface area contributed by atoms with Crippen LogP contribution in [0.15, 0.2) is 24.3 Å². The molecule has 0 saturated heterocycles. The van der Waals surface area contributed by atoms with Gasteiger partial charge in [-0.1, -0.05) is 12.1 Å². The van der Waals surface area contributed by atoms with E-state index in [1.54, 1.807) is 24.3 Å². The molecule has 21 heavy (non-hydrogen) atoms. The van der Waals surface area contributed by atoms with Crippen molar-refractivity contribution in [1.82, 2.24) is 0 Å². The quantitative estimate of drug-likeness (QED) is 0.809. The Hall–Kier alpha value is -2.09. The monoisotopic (exact) mass is 312 g/mol. The summed E-state index contributed by atoms with van der Waals surface area (Å²) in [7, 11) is -2.42. The van der Waals surface area contributed by atoms with E-state index in [2.05, 4.69) is 10.1 Å². The predicted molar refractivity (Wildman–Crippen MR) is 77.5 cm³/mol. The molecule has 0 radical (unpaired) electrons. The van der Waals surface area contributed by atoms with Gasteiger partial charge in [-0.25, -0.2) is 8.42 Å². The van der Waals surface area contributed by atoms with Crippen molar-refractivity contribution >= 4 is 33.3 Å². The lowest BCUT2D eigenvalue weighted by Gasteiger charge is -2.30. The normalized spacial score (nSPS) is 14.3. The molecular weight excluding hydrogens is 296 g/mol. The summed E-state index contributed by atoms with van der Waals surface area (Å²) in [6, 6.07) is 6.69. The van der Waals surface area contributed by atoms with Crippen LogP contribution in [0, 0.1) is 0 Å². The number of carbonyl (C=O) groups excluding carboxylic acids is 2. The Morgan fingerprint density at radius 3 is 2.81 bits per heavy atom. The molecule has 0 fully saturated rings. The highest BCUT2D eigenvalue weighted by Crippen LogP contribution is 2.31. The first kappa shape index (κ1) is 15.3. The van der Waals surface area contributed by atoms with Gasteiger partial charge in [0.25, 0.3) is 0 Å². The molecule has 1 aliphatic rings.